The van der Waals surface area contributed by atoms with Crippen LogP contribution in [0.15, 0.2) is 54.6 Å². The number of benzene rings is 2. The summed E-state index contributed by atoms with van der Waals surface area (Å²) in [5, 5.41) is 0.760. The van der Waals surface area contributed by atoms with Crippen LogP contribution in [0, 0.1) is 0 Å². The Kier molecular flexibility index (Phi) is 6.17. The molecule has 0 bridgehead atoms. The fourth-order valence-electron chi connectivity index (χ4n) is 3.45. The van der Waals surface area contributed by atoms with Gasteiger partial charge in [-0.15, -0.1) is 0 Å². The second-order valence-corrected chi connectivity index (χ2v) is 7.30. The van der Waals surface area contributed by atoms with Gasteiger partial charge in [0.2, 0.25) is 5.91 Å². The Labute approximate surface area is 161 Å². The lowest BCUT2D eigenvalue weighted by atomic mass is 10.1. The number of carbonyl (C=O) groups is 1. The van der Waals surface area contributed by atoms with Gasteiger partial charge in [-0.25, -0.2) is 0 Å². The summed E-state index contributed by atoms with van der Waals surface area (Å²) < 4.78 is 0. The van der Waals surface area contributed by atoms with Crippen molar-refractivity contribution in [2.24, 2.45) is 0 Å². The molecule has 3 rings (SSSR count). The lowest BCUT2D eigenvalue weighted by molar-refractivity contribution is -0.135. The number of piperazine rings is 1. The minimum absolute atomic E-state index is 0.106. The average Bonchev–Trinajstić information content (AvgIpc) is 2.67. The number of hydrogen-bond acceptors (Lipinski definition) is 3. The molecule has 26 heavy (non-hydrogen) atoms. The monoisotopic (exact) mass is 371 g/mol. The zero-order chi connectivity index (χ0) is 18.5. The highest BCUT2D eigenvalue weighted by Gasteiger charge is 2.27. The molecule has 1 aliphatic heterocycles. The van der Waals surface area contributed by atoms with Crippen LogP contribution in [0.1, 0.15) is 12.5 Å². The molecule has 4 nitrogen and oxygen atoms in total. The highest BCUT2D eigenvalue weighted by Crippen LogP contribution is 2.21. The number of nitrogens with zero attached hydrogens (tertiary/aromatic N) is 3. The van der Waals surface area contributed by atoms with E-state index in [1.807, 2.05) is 55.3 Å². The molecule has 0 unspecified atom stereocenters. The Morgan fingerprint density at radius 2 is 1.77 bits per heavy atom. The van der Waals surface area contributed by atoms with Crippen LogP contribution in [-0.4, -0.2) is 55.0 Å². The van der Waals surface area contributed by atoms with E-state index >= 15 is 0 Å². The standard InChI is InChI=1S/C21H26ClN3O/c1-17(21(26)23(2)16-18-7-4-3-5-8-18)24-11-13-25(14-12-24)20-10-6-9-19(22)15-20/h3-10,15,17H,11-14,16H2,1-2H3/t17-/m1/s1. The molecular formula is C21H26ClN3O. The number of anilines is 1. The maximum atomic E-state index is 12.8. The molecular weight excluding hydrogens is 346 g/mol. The molecule has 1 amide bonds. The van der Waals surface area contributed by atoms with E-state index in [0.717, 1.165) is 42.5 Å². The van der Waals surface area contributed by atoms with Crippen molar-refractivity contribution in [1.29, 1.82) is 0 Å². The number of amides is 1. The Bertz CT molecular complexity index is 729. The van der Waals surface area contributed by atoms with Gasteiger partial charge in [0, 0.05) is 50.5 Å². The Balaban J connectivity index is 1.54. The van der Waals surface area contributed by atoms with Gasteiger partial charge in [-0.2, -0.15) is 0 Å². The topological polar surface area (TPSA) is 26.8 Å². The molecule has 1 heterocycles. The molecule has 1 aliphatic rings. The molecule has 1 saturated heterocycles. The predicted molar refractivity (Wildman–Crippen MR) is 108 cm³/mol. The third-order valence-electron chi connectivity index (χ3n) is 5.03. The lowest BCUT2D eigenvalue weighted by Crippen LogP contribution is -2.54. The second-order valence-electron chi connectivity index (χ2n) is 6.86. The normalized spacial score (nSPS) is 16.3. The third kappa shape index (κ3) is 4.57. The summed E-state index contributed by atoms with van der Waals surface area (Å²) in [5.41, 5.74) is 2.30. The van der Waals surface area contributed by atoms with E-state index < -0.39 is 0 Å². The number of halogens is 1. The summed E-state index contributed by atoms with van der Waals surface area (Å²) in [6.45, 7) is 6.21. The molecule has 0 radical (unpaired) electrons. The highest BCUT2D eigenvalue weighted by molar-refractivity contribution is 6.30. The van der Waals surface area contributed by atoms with Crippen molar-refractivity contribution in [3.63, 3.8) is 0 Å². The van der Waals surface area contributed by atoms with Crippen LogP contribution in [0.3, 0.4) is 0 Å². The van der Waals surface area contributed by atoms with Gasteiger partial charge in [0.05, 0.1) is 6.04 Å². The van der Waals surface area contributed by atoms with Crippen LogP contribution < -0.4 is 4.90 Å². The van der Waals surface area contributed by atoms with Crippen LogP contribution in [0.2, 0.25) is 5.02 Å². The summed E-state index contributed by atoms with van der Waals surface area (Å²) in [6.07, 6.45) is 0. The molecule has 0 aliphatic carbocycles. The van der Waals surface area contributed by atoms with Gasteiger partial charge in [0.25, 0.3) is 0 Å². The minimum atomic E-state index is -0.106. The van der Waals surface area contributed by atoms with E-state index in [0.29, 0.717) is 6.54 Å². The summed E-state index contributed by atoms with van der Waals surface area (Å²) in [5.74, 6) is 0.171. The first-order valence-corrected chi connectivity index (χ1v) is 9.46. The maximum absolute atomic E-state index is 12.8. The van der Waals surface area contributed by atoms with Gasteiger partial charge in [-0.3, -0.25) is 9.69 Å². The van der Waals surface area contributed by atoms with Crippen LogP contribution in [0.25, 0.3) is 0 Å². The summed E-state index contributed by atoms with van der Waals surface area (Å²) in [4.78, 5) is 19.2. The van der Waals surface area contributed by atoms with E-state index in [9.17, 15) is 4.79 Å². The molecule has 1 fully saturated rings. The SMILES string of the molecule is C[C@H](C(=O)N(C)Cc1ccccc1)N1CCN(c2cccc(Cl)c2)CC1. The zero-order valence-electron chi connectivity index (χ0n) is 15.4. The Hall–Kier alpha value is -2.04. The molecule has 138 valence electrons. The van der Waals surface area contributed by atoms with Crippen LogP contribution in [-0.2, 0) is 11.3 Å². The molecule has 2 aromatic rings. The fraction of sp³-hybridized carbons (Fsp3) is 0.381. The van der Waals surface area contributed by atoms with Crippen LogP contribution >= 0.6 is 11.6 Å². The van der Waals surface area contributed by atoms with Gasteiger partial charge < -0.3 is 9.80 Å². The van der Waals surface area contributed by atoms with E-state index in [4.69, 9.17) is 11.6 Å². The van der Waals surface area contributed by atoms with Crippen molar-refractivity contribution < 1.29 is 4.79 Å². The van der Waals surface area contributed by atoms with Crippen molar-refractivity contribution in [3.8, 4) is 0 Å². The van der Waals surface area contributed by atoms with Crippen molar-refractivity contribution in [2.75, 3.05) is 38.1 Å². The molecule has 2 aromatic carbocycles. The summed E-state index contributed by atoms with van der Waals surface area (Å²) >= 11 is 6.10. The summed E-state index contributed by atoms with van der Waals surface area (Å²) in [7, 11) is 1.88. The molecule has 5 heteroatoms. The van der Waals surface area contributed by atoms with Gasteiger partial charge in [-0.05, 0) is 30.7 Å². The van der Waals surface area contributed by atoms with Gasteiger partial charge >= 0.3 is 0 Å². The Morgan fingerprint density at radius 1 is 1.08 bits per heavy atom. The van der Waals surface area contributed by atoms with Gasteiger partial charge in [0.1, 0.15) is 0 Å². The smallest absolute Gasteiger partial charge is 0.239 e. The quantitative estimate of drug-likeness (QED) is 0.804. The van der Waals surface area contributed by atoms with Crippen molar-refractivity contribution in [1.82, 2.24) is 9.80 Å². The lowest BCUT2D eigenvalue weighted by Gasteiger charge is -2.39. The average molecular weight is 372 g/mol. The van der Waals surface area contributed by atoms with E-state index in [2.05, 4.69) is 28.0 Å². The maximum Gasteiger partial charge on any atom is 0.239 e. The van der Waals surface area contributed by atoms with Gasteiger partial charge in [0.15, 0.2) is 0 Å². The van der Waals surface area contributed by atoms with Crippen molar-refractivity contribution in [2.45, 2.75) is 19.5 Å². The first-order chi connectivity index (χ1) is 12.5. The van der Waals surface area contributed by atoms with E-state index in [1.165, 1.54) is 0 Å². The first kappa shape index (κ1) is 18.7. The molecule has 0 aromatic heterocycles. The zero-order valence-corrected chi connectivity index (χ0v) is 16.2. The van der Waals surface area contributed by atoms with Crippen LogP contribution in [0.4, 0.5) is 5.69 Å². The second kappa shape index (κ2) is 8.56. The minimum Gasteiger partial charge on any atom is -0.369 e. The molecule has 0 saturated carbocycles. The number of hydrogen-bond donors (Lipinski definition) is 0. The van der Waals surface area contributed by atoms with Crippen molar-refractivity contribution in [3.05, 3.63) is 65.2 Å². The largest absolute Gasteiger partial charge is 0.369 e. The van der Waals surface area contributed by atoms with E-state index in [-0.39, 0.29) is 11.9 Å². The van der Waals surface area contributed by atoms with Crippen molar-refractivity contribution >= 4 is 23.2 Å². The highest BCUT2D eigenvalue weighted by atomic mass is 35.5. The van der Waals surface area contributed by atoms with Gasteiger partial charge in [-0.1, -0.05) is 48.0 Å². The molecule has 0 spiro atoms. The fourth-order valence-corrected chi connectivity index (χ4v) is 3.64. The predicted octanol–water partition coefficient (Wildman–Crippen LogP) is 3.51. The number of rotatable bonds is 5. The molecule has 1 atom stereocenters. The van der Waals surface area contributed by atoms with Crippen LogP contribution in [0.5, 0.6) is 0 Å². The number of likely N-dealkylation sites (N-methyl/N-ethyl adjacent to an activating group) is 1. The van der Waals surface area contributed by atoms with E-state index in [1.54, 1.807) is 0 Å². The number of carbonyl (C=O) groups excluding carboxylic acids is 1. The summed E-state index contributed by atoms with van der Waals surface area (Å²) in [6, 6.07) is 18.0. The molecule has 0 N–H and O–H groups in total. The first-order valence-electron chi connectivity index (χ1n) is 9.08. The Morgan fingerprint density at radius 3 is 2.42 bits per heavy atom. The third-order valence-corrected chi connectivity index (χ3v) is 5.27.